The first-order valence-electron chi connectivity index (χ1n) is 10.2. The number of benzene rings is 3. The molecule has 0 aromatic heterocycles. The van der Waals surface area contributed by atoms with Gasteiger partial charge in [0, 0.05) is 5.56 Å². The third-order valence-electron chi connectivity index (χ3n) is 5.16. The first kappa shape index (κ1) is 27.2. The van der Waals surface area contributed by atoms with Crippen LogP contribution < -0.4 is 5.01 Å². The quantitative estimate of drug-likeness (QED) is 0.273. The molecule has 1 aliphatic rings. The van der Waals surface area contributed by atoms with E-state index in [9.17, 15) is 39.2 Å². The fraction of sp³-hybridized carbons (Fsp3) is 0.0476. The molecular formula is C21H16N4O10S3. The SMILES string of the molecule is O=C1C(N=Nc2ccc(S(=O)(=O)O)cc2)C(c2ccc(S(=O)(=O)O)cc2)=NN1c1ccc(S(=O)(=O)O)cc1. The number of hydrogen-bond acceptors (Lipinski definition) is 10. The standard InChI is InChI=1S/C21H16N4O10S3/c26-21-20(23-22-14-3-9-17(10-4-14)37(30,31)32)19(13-1-7-16(8-2-13)36(27,28)29)24-25(21)15-5-11-18(12-6-15)38(33,34)35/h1-12,20H,(H,27,28,29)(H,30,31,32)(H,33,34,35). The third-order valence-corrected chi connectivity index (χ3v) is 7.76. The molecule has 1 amide bonds. The van der Waals surface area contributed by atoms with Gasteiger partial charge in [-0.3, -0.25) is 18.5 Å². The maximum absolute atomic E-state index is 13.2. The van der Waals surface area contributed by atoms with Gasteiger partial charge in [-0.25, -0.2) is 0 Å². The van der Waals surface area contributed by atoms with Crippen LogP contribution in [0.4, 0.5) is 11.4 Å². The van der Waals surface area contributed by atoms with Gasteiger partial charge in [-0.05, 0) is 60.7 Å². The van der Waals surface area contributed by atoms with Gasteiger partial charge in [-0.2, -0.15) is 45.6 Å². The van der Waals surface area contributed by atoms with Crippen LogP contribution in [0.3, 0.4) is 0 Å². The van der Waals surface area contributed by atoms with E-state index in [1.54, 1.807) is 0 Å². The van der Waals surface area contributed by atoms with E-state index in [1.807, 2.05) is 0 Å². The monoisotopic (exact) mass is 580 g/mol. The topological polar surface area (TPSA) is 220 Å². The summed E-state index contributed by atoms with van der Waals surface area (Å²) in [6.45, 7) is 0. The minimum atomic E-state index is -4.49. The van der Waals surface area contributed by atoms with Crippen LogP contribution in [0.2, 0.25) is 0 Å². The second kappa shape index (κ2) is 9.78. The van der Waals surface area contributed by atoms with E-state index in [4.69, 9.17) is 4.55 Å². The summed E-state index contributed by atoms with van der Waals surface area (Å²) in [5.41, 5.74) is 0.509. The number of hydrogen-bond donors (Lipinski definition) is 3. The lowest BCUT2D eigenvalue weighted by molar-refractivity contribution is -0.117. The molecule has 0 aliphatic carbocycles. The summed E-state index contributed by atoms with van der Waals surface area (Å²) >= 11 is 0. The molecule has 1 atom stereocenters. The Labute approximate surface area is 216 Å². The van der Waals surface area contributed by atoms with Gasteiger partial charge in [0.1, 0.15) is 5.71 Å². The van der Waals surface area contributed by atoms with Gasteiger partial charge in [0.15, 0.2) is 6.04 Å². The minimum absolute atomic E-state index is 0.0223. The number of carbonyl (C=O) groups is 1. The Morgan fingerprint density at radius 2 is 1.08 bits per heavy atom. The van der Waals surface area contributed by atoms with Crippen LogP contribution in [0, 0.1) is 0 Å². The van der Waals surface area contributed by atoms with Crippen LogP contribution in [0.25, 0.3) is 0 Å². The highest BCUT2D eigenvalue weighted by atomic mass is 32.2. The lowest BCUT2D eigenvalue weighted by Gasteiger charge is -2.12. The normalized spacial score (nSPS) is 16.7. The van der Waals surface area contributed by atoms with Gasteiger partial charge >= 0.3 is 0 Å². The Balaban J connectivity index is 1.73. The van der Waals surface area contributed by atoms with E-state index in [0.717, 1.165) is 41.4 Å². The van der Waals surface area contributed by atoms with Gasteiger partial charge in [0.2, 0.25) is 0 Å². The molecule has 0 bridgehead atoms. The van der Waals surface area contributed by atoms with Crippen LogP contribution in [0.5, 0.6) is 0 Å². The zero-order chi connectivity index (χ0) is 27.9. The van der Waals surface area contributed by atoms with Crippen molar-refractivity contribution in [3.63, 3.8) is 0 Å². The van der Waals surface area contributed by atoms with Crippen LogP contribution in [-0.2, 0) is 35.1 Å². The van der Waals surface area contributed by atoms with Crippen molar-refractivity contribution in [1.82, 2.24) is 0 Å². The predicted molar refractivity (Wildman–Crippen MR) is 131 cm³/mol. The molecule has 4 rings (SSSR count). The van der Waals surface area contributed by atoms with Crippen molar-refractivity contribution in [2.45, 2.75) is 20.7 Å². The number of carbonyl (C=O) groups excluding carboxylic acids is 1. The van der Waals surface area contributed by atoms with Crippen molar-refractivity contribution < 1.29 is 43.7 Å². The Morgan fingerprint density at radius 3 is 1.53 bits per heavy atom. The molecule has 0 saturated carbocycles. The highest BCUT2D eigenvalue weighted by Crippen LogP contribution is 2.28. The largest absolute Gasteiger partial charge is 0.294 e. The minimum Gasteiger partial charge on any atom is -0.282 e. The summed E-state index contributed by atoms with van der Waals surface area (Å²) in [6.07, 6.45) is 0. The molecule has 3 aromatic carbocycles. The number of azo groups is 1. The van der Waals surface area contributed by atoms with Crippen molar-refractivity contribution in [2.75, 3.05) is 5.01 Å². The second-order valence-corrected chi connectivity index (χ2v) is 12.0. The molecule has 0 fully saturated rings. The number of amides is 1. The van der Waals surface area contributed by atoms with E-state index in [0.29, 0.717) is 0 Å². The number of anilines is 1. The smallest absolute Gasteiger partial charge is 0.282 e. The zero-order valence-electron chi connectivity index (χ0n) is 18.7. The summed E-state index contributed by atoms with van der Waals surface area (Å²) in [7, 11) is -13.4. The summed E-state index contributed by atoms with van der Waals surface area (Å²) in [6, 6.07) is 12.5. The number of rotatable bonds is 7. The highest BCUT2D eigenvalue weighted by Gasteiger charge is 2.38. The molecule has 3 N–H and O–H groups in total. The molecule has 38 heavy (non-hydrogen) atoms. The summed E-state index contributed by atoms with van der Waals surface area (Å²) in [5, 5.41) is 13.1. The Bertz CT molecular complexity index is 1780. The summed E-state index contributed by atoms with van der Waals surface area (Å²) in [4.78, 5) is 12.0. The fourth-order valence-corrected chi connectivity index (χ4v) is 4.76. The molecule has 1 heterocycles. The molecule has 1 aliphatic heterocycles. The van der Waals surface area contributed by atoms with Gasteiger partial charge in [0.25, 0.3) is 36.3 Å². The maximum atomic E-state index is 13.2. The second-order valence-electron chi connectivity index (χ2n) is 7.69. The van der Waals surface area contributed by atoms with Crippen molar-refractivity contribution in [3.05, 3.63) is 78.4 Å². The van der Waals surface area contributed by atoms with Crippen LogP contribution in [0.1, 0.15) is 5.56 Å². The number of nitrogens with zero attached hydrogens (tertiary/aromatic N) is 4. The molecule has 1 unspecified atom stereocenters. The van der Waals surface area contributed by atoms with Crippen molar-refractivity contribution in [2.24, 2.45) is 15.3 Å². The van der Waals surface area contributed by atoms with Gasteiger partial charge < -0.3 is 0 Å². The lowest BCUT2D eigenvalue weighted by Crippen LogP contribution is -2.30. The molecule has 14 nitrogen and oxygen atoms in total. The Hall–Kier alpha value is -3.87. The highest BCUT2D eigenvalue weighted by molar-refractivity contribution is 7.86. The fourth-order valence-electron chi connectivity index (χ4n) is 3.32. The van der Waals surface area contributed by atoms with Crippen LogP contribution in [0.15, 0.2) is 103 Å². The first-order chi connectivity index (χ1) is 17.6. The zero-order valence-corrected chi connectivity index (χ0v) is 21.2. The Kier molecular flexibility index (Phi) is 6.99. The lowest BCUT2D eigenvalue weighted by atomic mass is 10.0. The molecule has 0 saturated heterocycles. The average Bonchev–Trinajstić information content (AvgIpc) is 3.17. The van der Waals surface area contributed by atoms with Gasteiger partial charge in [-0.15, -0.1) is 0 Å². The third kappa shape index (κ3) is 5.82. The first-order valence-corrected chi connectivity index (χ1v) is 14.5. The molecule has 0 spiro atoms. The van der Waals surface area contributed by atoms with E-state index in [-0.39, 0.29) is 27.5 Å². The van der Waals surface area contributed by atoms with E-state index in [1.165, 1.54) is 36.4 Å². The van der Waals surface area contributed by atoms with Gasteiger partial charge in [-0.1, -0.05) is 12.1 Å². The molecule has 3 aromatic rings. The van der Waals surface area contributed by atoms with Gasteiger partial charge in [0.05, 0.1) is 26.1 Å². The summed E-state index contributed by atoms with van der Waals surface area (Å²) in [5.74, 6) is -0.725. The molecule has 0 radical (unpaired) electrons. The predicted octanol–water partition coefficient (Wildman–Crippen LogP) is 2.33. The maximum Gasteiger partial charge on any atom is 0.294 e. The van der Waals surface area contributed by atoms with Crippen LogP contribution in [-0.4, -0.2) is 56.6 Å². The molecule has 17 heteroatoms. The summed E-state index contributed by atoms with van der Waals surface area (Å²) < 4.78 is 95.3. The molecular weight excluding hydrogens is 564 g/mol. The van der Waals surface area contributed by atoms with Crippen LogP contribution >= 0.6 is 0 Å². The number of hydrazone groups is 1. The molecule has 198 valence electrons. The van der Waals surface area contributed by atoms with E-state index >= 15 is 0 Å². The average molecular weight is 581 g/mol. The van der Waals surface area contributed by atoms with Crippen molar-refractivity contribution >= 4 is 53.3 Å². The van der Waals surface area contributed by atoms with Crippen molar-refractivity contribution in [1.29, 1.82) is 0 Å². The van der Waals surface area contributed by atoms with Crippen molar-refractivity contribution in [3.8, 4) is 0 Å². The van der Waals surface area contributed by atoms with E-state index < -0.39 is 52.1 Å². The Morgan fingerprint density at radius 1 is 0.658 bits per heavy atom. The van der Waals surface area contributed by atoms with E-state index in [2.05, 4.69) is 15.3 Å².